The lowest BCUT2D eigenvalue weighted by Crippen LogP contribution is -2.21. The van der Waals surface area contributed by atoms with Gasteiger partial charge in [-0.15, -0.1) is 0 Å². The molecule has 0 fully saturated rings. The molecule has 1 unspecified atom stereocenters. The molecule has 33 heavy (non-hydrogen) atoms. The first kappa shape index (κ1) is 22.0. The van der Waals surface area contributed by atoms with Crippen molar-refractivity contribution < 1.29 is 19.0 Å². The maximum atomic E-state index is 12.4. The molecule has 0 spiro atoms. The Kier molecular flexibility index (Phi) is 6.05. The van der Waals surface area contributed by atoms with Gasteiger partial charge in [-0.1, -0.05) is 48.0 Å². The van der Waals surface area contributed by atoms with Gasteiger partial charge in [-0.2, -0.15) is 5.26 Å². The van der Waals surface area contributed by atoms with Crippen LogP contribution in [0.2, 0.25) is 0 Å². The minimum absolute atomic E-state index is 0.0392. The highest BCUT2D eigenvalue weighted by Gasteiger charge is 2.31. The van der Waals surface area contributed by atoms with Crippen LogP contribution in [0.4, 0.5) is 0 Å². The zero-order chi connectivity index (χ0) is 23.5. The Morgan fingerprint density at radius 2 is 1.85 bits per heavy atom. The van der Waals surface area contributed by atoms with Crippen LogP contribution < -0.4 is 19.9 Å². The third-order valence-corrected chi connectivity index (χ3v) is 5.73. The zero-order valence-electron chi connectivity index (χ0n) is 18.7. The van der Waals surface area contributed by atoms with Crippen molar-refractivity contribution in [3.63, 3.8) is 0 Å². The summed E-state index contributed by atoms with van der Waals surface area (Å²) >= 11 is 0. The number of nitrogens with two attached hydrogens (primary N) is 1. The van der Waals surface area contributed by atoms with E-state index < -0.39 is 5.97 Å². The van der Waals surface area contributed by atoms with Crippen LogP contribution in [0.25, 0.3) is 0 Å². The summed E-state index contributed by atoms with van der Waals surface area (Å²) in [7, 11) is 0. The zero-order valence-corrected chi connectivity index (χ0v) is 18.7. The lowest BCUT2D eigenvalue weighted by Gasteiger charge is -2.26. The van der Waals surface area contributed by atoms with Gasteiger partial charge in [0.2, 0.25) is 5.88 Å². The number of aryl methyl sites for hydroxylation is 2. The summed E-state index contributed by atoms with van der Waals surface area (Å²) in [4.78, 5) is 12.4. The van der Waals surface area contributed by atoms with E-state index in [2.05, 4.69) is 6.07 Å². The van der Waals surface area contributed by atoms with Crippen LogP contribution in [0.3, 0.4) is 0 Å². The van der Waals surface area contributed by atoms with Gasteiger partial charge in [0.15, 0.2) is 6.61 Å². The van der Waals surface area contributed by atoms with Crippen molar-refractivity contribution in [2.24, 2.45) is 5.73 Å². The normalized spacial score (nSPS) is 14.7. The highest BCUT2D eigenvalue weighted by molar-refractivity contribution is 5.74. The predicted octanol–water partition coefficient (Wildman–Crippen LogP) is 4.81. The molecule has 6 nitrogen and oxygen atoms in total. The number of allylic oxidation sites excluding steroid dienone is 1. The van der Waals surface area contributed by atoms with E-state index in [-0.39, 0.29) is 18.4 Å². The summed E-state index contributed by atoms with van der Waals surface area (Å²) in [5.74, 6) is 0.526. The molecule has 0 radical (unpaired) electrons. The van der Waals surface area contributed by atoms with Crippen LogP contribution in [0.5, 0.6) is 17.2 Å². The number of rotatable bonds is 5. The van der Waals surface area contributed by atoms with Crippen molar-refractivity contribution in [3.8, 4) is 23.3 Å². The average Bonchev–Trinajstić information content (AvgIpc) is 2.79. The van der Waals surface area contributed by atoms with E-state index in [1.54, 1.807) is 18.2 Å². The average molecular weight is 440 g/mol. The van der Waals surface area contributed by atoms with Crippen LogP contribution in [-0.2, 0) is 4.79 Å². The second-order valence-corrected chi connectivity index (χ2v) is 8.00. The fourth-order valence-electron chi connectivity index (χ4n) is 3.78. The first-order chi connectivity index (χ1) is 15.9. The molecule has 0 aromatic heterocycles. The monoisotopic (exact) mass is 440 g/mol. The lowest BCUT2D eigenvalue weighted by molar-refractivity contribution is -0.136. The van der Waals surface area contributed by atoms with E-state index in [0.717, 1.165) is 27.8 Å². The van der Waals surface area contributed by atoms with Gasteiger partial charge in [-0.3, -0.25) is 0 Å². The maximum Gasteiger partial charge on any atom is 0.349 e. The molecule has 3 aromatic carbocycles. The first-order valence-electron chi connectivity index (χ1n) is 10.5. The molecule has 1 aliphatic heterocycles. The number of fused-ring (bicyclic) bond motifs is 1. The van der Waals surface area contributed by atoms with Gasteiger partial charge >= 0.3 is 5.97 Å². The Morgan fingerprint density at radius 3 is 2.58 bits per heavy atom. The van der Waals surface area contributed by atoms with Gasteiger partial charge in [0, 0.05) is 11.6 Å². The molecule has 1 atom stereocenters. The number of nitrogens with zero attached hydrogens (tertiary/aromatic N) is 1. The molecule has 1 heterocycles. The minimum atomic E-state index is -0.539. The van der Waals surface area contributed by atoms with Crippen molar-refractivity contribution in [3.05, 3.63) is 99.9 Å². The van der Waals surface area contributed by atoms with Crippen molar-refractivity contribution in [2.75, 3.05) is 6.61 Å². The molecular formula is C27H24N2O4. The second kappa shape index (κ2) is 9.09. The van der Waals surface area contributed by atoms with Gasteiger partial charge in [0.1, 0.15) is 28.9 Å². The SMILES string of the molecule is Cc1ccc(C2C(C#N)=C(N)Oc3cc(OC(=O)COc4cccc(C)c4C)ccc32)cc1. The summed E-state index contributed by atoms with van der Waals surface area (Å²) in [5, 5.41) is 9.69. The molecule has 0 saturated carbocycles. The van der Waals surface area contributed by atoms with E-state index in [4.69, 9.17) is 19.9 Å². The number of esters is 1. The Hall–Kier alpha value is -4.24. The molecule has 1 aliphatic rings. The number of ether oxygens (including phenoxy) is 3. The summed E-state index contributed by atoms with van der Waals surface area (Å²) in [6.07, 6.45) is 0. The summed E-state index contributed by atoms with van der Waals surface area (Å²) in [6.45, 7) is 5.70. The first-order valence-corrected chi connectivity index (χ1v) is 10.5. The van der Waals surface area contributed by atoms with Crippen LogP contribution in [-0.4, -0.2) is 12.6 Å². The van der Waals surface area contributed by atoms with Gasteiger partial charge in [0.05, 0.1) is 5.92 Å². The molecule has 3 aromatic rings. The van der Waals surface area contributed by atoms with Crippen LogP contribution in [0, 0.1) is 32.1 Å². The highest BCUT2D eigenvalue weighted by atomic mass is 16.6. The number of nitriles is 1. The number of carbonyl (C=O) groups is 1. The van der Waals surface area contributed by atoms with E-state index >= 15 is 0 Å². The summed E-state index contributed by atoms with van der Waals surface area (Å²) in [6, 6.07) is 20.8. The van der Waals surface area contributed by atoms with E-state index in [9.17, 15) is 10.1 Å². The molecule has 2 N–H and O–H groups in total. The minimum Gasteiger partial charge on any atom is -0.482 e. The number of carbonyl (C=O) groups excluding carboxylic acids is 1. The van der Waals surface area contributed by atoms with E-state index in [1.807, 2.05) is 63.2 Å². The van der Waals surface area contributed by atoms with Crippen molar-refractivity contribution >= 4 is 5.97 Å². The van der Waals surface area contributed by atoms with E-state index in [1.165, 1.54) is 0 Å². The number of hydrogen-bond donors (Lipinski definition) is 1. The Balaban J connectivity index is 1.54. The van der Waals surface area contributed by atoms with Crippen LogP contribution in [0.15, 0.2) is 72.1 Å². The van der Waals surface area contributed by atoms with Gasteiger partial charge in [-0.25, -0.2) is 4.79 Å². The number of hydrogen-bond acceptors (Lipinski definition) is 6. The van der Waals surface area contributed by atoms with Crippen LogP contribution >= 0.6 is 0 Å². The molecule has 0 bridgehead atoms. The molecule has 0 saturated heterocycles. The predicted molar refractivity (Wildman–Crippen MR) is 124 cm³/mol. The fraction of sp³-hybridized carbons (Fsp3) is 0.185. The summed E-state index contributed by atoms with van der Waals surface area (Å²) < 4.78 is 16.8. The highest BCUT2D eigenvalue weighted by Crippen LogP contribution is 2.43. The quantitative estimate of drug-likeness (QED) is 0.452. The number of benzene rings is 3. The van der Waals surface area contributed by atoms with Gasteiger partial charge in [-0.05, 0) is 49.6 Å². The molecular weight excluding hydrogens is 416 g/mol. The topological polar surface area (TPSA) is 94.6 Å². The molecule has 6 heteroatoms. The Bertz CT molecular complexity index is 1290. The van der Waals surface area contributed by atoms with Crippen molar-refractivity contribution in [1.82, 2.24) is 0 Å². The maximum absolute atomic E-state index is 12.4. The Morgan fingerprint density at radius 1 is 1.09 bits per heavy atom. The second-order valence-electron chi connectivity index (χ2n) is 8.00. The van der Waals surface area contributed by atoms with E-state index in [0.29, 0.717) is 22.8 Å². The molecule has 0 aliphatic carbocycles. The lowest BCUT2D eigenvalue weighted by atomic mass is 9.83. The third kappa shape index (κ3) is 4.53. The molecule has 0 amide bonds. The standard InChI is InChI=1S/C27H24N2O4/c1-16-7-9-19(10-8-16)26-21-12-11-20(13-24(21)33-27(29)22(26)14-28)32-25(30)15-31-23-6-4-5-17(2)18(23)3/h4-13,26H,15,29H2,1-3H3. The van der Waals surface area contributed by atoms with Gasteiger partial charge in [0.25, 0.3) is 0 Å². The van der Waals surface area contributed by atoms with Gasteiger partial charge < -0.3 is 19.9 Å². The van der Waals surface area contributed by atoms with Crippen LogP contribution in [0.1, 0.15) is 33.7 Å². The third-order valence-electron chi connectivity index (χ3n) is 5.73. The Labute approximate surface area is 192 Å². The largest absolute Gasteiger partial charge is 0.482 e. The van der Waals surface area contributed by atoms with Crippen molar-refractivity contribution in [1.29, 1.82) is 5.26 Å². The molecule has 4 rings (SSSR count). The fourth-order valence-corrected chi connectivity index (χ4v) is 3.78. The van der Waals surface area contributed by atoms with Crippen molar-refractivity contribution in [2.45, 2.75) is 26.7 Å². The smallest absolute Gasteiger partial charge is 0.349 e. The molecule has 166 valence electrons. The summed E-state index contributed by atoms with van der Waals surface area (Å²) in [5.41, 5.74) is 11.3.